The fourth-order valence-corrected chi connectivity index (χ4v) is 4.48. The summed E-state index contributed by atoms with van der Waals surface area (Å²) in [6.45, 7) is 11.6. The second-order valence-electron chi connectivity index (χ2n) is 8.60. The molecule has 0 radical (unpaired) electrons. The molecule has 174 valence electrons. The number of benzene rings is 1. The number of aliphatic imine (C=N–C) groups is 1. The summed E-state index contributed by atoms with van der Waals surface area (Å²) in [5, 5.41) is 6.91. The summed E-state index contributed by atoms with van der Waals surface area (Å²) >= 11 is 0. The molecule has 0 aliphatic carbocycles. The predicted molar refractivity (Wildman–Crippen MR) is 139 cm³/mol. The number of halogens is 1. The molecule has 1 amide bonds. The largest absolute Gasteiger partial charge is 0.357 e. The van der Waals surface area contributed by atoms with E-state index in [1.165, 1.54) is 36.9 Å². The van der Waals surface area contributed by atoms with Crippen LogP contribution in [0, 0.1) is 0 Å². The summed E-state index contributed by atoms with van der Waals surface area (Å²) in [5.41, 5.74) is 2.67. The van der Waals surface area contributed by atoms with Gasteiger partial charge in [-0.25, -0.2) is 4.99 Å². The summed E-state index contributed by atoms with van der Waals surface area (Å²) in [5.74, 6) is 1.08. The zero-order valence-electron chi connectivity index (χ0n) is 19.4. The Balaban J connectivity index is 0.00000341. The molecule has 2 saturated heterocycles. The van der Waals surface area contributed by atoms with Crippen molar-refractivity contribution in [2.24, 2.45) is 4.99 Å². The molecule has 6 nitrogen and oxygen atoms in total. The first-order valence-corrected chi connectivity index (χ1v) is 11.7. The second kappa shape index (κ2) is 13.3. The first kappa shape index (κ1) is 25.9. The number of nitrogens with one attached hydrogen (secondary N) is 2. The molecule has 2 N–H and O–H groups in total. The fraction of sp³-hybridized carbons (Fsp3) is 0.667. The van der Waals surface area contributed by atoms with Crippen LogP contribution in [0.2, 0.25) is 0 Å². The molecule has 0 aromatic heterocycles. The summed E-state index contributed by atoms with van der Waals surface area (Å²) < 4.78 is 0. The molecule has 2 atom stereocenters. The number of hydrogen-bond donors (Lipinski definition) is 2. The Morgan fingerprint density at radius 2 is 1.90 bits per heavy atom. The van der Waals surface area contributed by atoms with Gasteiger partial charge >= 0.3 is 0 Å². The zero-order valence-corrected chi connectivity index (χ0v) is 21.7. The molecule has 0 spiro atoms. The molecule has 2 fully saturated rings. The number of likely N-dealkylation sites (tertiary alicyclic amines) is 2. The third-order valence-corrected chi connectivity index (χ3v) is 6.37. The number of carbonyl (C=O) groups is 1. The Morgan fingerprint density at radius 3 is 2.61 bits per heavy atom. The van der Waals surface area contributed by atoms with Gasteiger partial charge in [-0.05, 0) is 50.8 Å². The third kappa shape index (κ3) is 7.63. The van der Waals surface area contributed by atoms with Crippen LogP contribution in [0.25, 0.3) is 0 Å². The van der Waals surface area contributed by atoms with Crippen molar-refractivity contribution in [1.82, 2.24) is 20.4 Å². The van der Waals surface area contributed by atoms with Crippen molar-refractivity contribution in [3.05, 3.63) is 35.4 Å². The van der Waals surface area contributed by atoms with Gasteiger partial charge in [-0.15, -0.1) is 24.0 Å². The van der Waals surface area contributed by atoms with Crippen LogP contribution in [-0.4, -0.2) is 59.9 Å². The highest BCUT2D eigenvalue weighted by molar-refractivity contribution is 14.0. The van der Waals surface area contributed by atoms with Crippen LogP contribution in [0.1, 0.15) is 64.0 Å². The van der Waals surface area contributed by atoms with Crippen LogP contribution in [0.4, 0.5) is 0 Å². The topological polar surface area (TPSA) is 60.0 Å². The summed E-state index contributed by atoms with van der Waals surface area (Å²) in [4.78, 5) is 21.4. The molecule has 0 saturated carbocycles. The zero-order chi connectivity index (χ0) is 21.3. The van der Waals surface area contributed by atoms with E-state index in [-0.39, 0.29) is 35.9 Å². The van der Waals surface area contributed by atoms with Crippen LogP contribution in [0.5, 0.6) is 0 Å². The second-order valence-corrected chi connectivity index (χ2v) is 8.60. The van der Waals surface area contributed by atoms with Crippen LogP contribution in [0.3, 0.4) is 0 Å². The maximum Gasteiger partial charge on any atom is 0.222 e. The van der Waals surface area contributed by atoms with Crippen LogP contribution in [0.15, 0.2) is 29.3 Å². The van der Waals surface area contributed by atoms with Gasteiger partial charge < -0.3 is 15.5 Å². The van der Waals surface area contributed by atoms with E-state index in [1.54, 1.807) is 0 Å². The van der Waals surface area contributed by atoms with Gasteiger partial charge in [0, 0.05) is 44.7 Å². The van der Waals surface area contributed by atoms with Crippen molar-refractivity contribution >= 4 is 35.8 Å². The Hall–Kier alpha value is -1.35. The maximum absolute atomic E-state index is 12.0. The van der Waals surface area contributed by atoms with Gasteiger partial charge in [0.15, 0.2) is 5.96 Å². The molecule has 3 rings (SSSR count). The molecule has 2 heterocycles. The van der Waals surface area contributed by atoms with Gasteiger partial charge in [0.2, 0.25) is 5.91 Å². The standard InChI is InChI=1S/C24H39N5O.HI/c1-4-23(30)29-15-13-22(18-29)27-24(25-5-2)26-16-20-11-6-7-12-21(20)17-28-14-9-8-10-19(28)3;/h6-7,11-12,19,22H,4-5,8-10,13-18H2,1-3H3,(H2,25,26,27);1H. The van der Waals surface area contributed by atoms with Crippen molar-refractivity contribution in [1.29, 1.82) is 0 Å². The Bertz CT molecular complexity index is 726. The quantitative estimate of drug-likeness (QED) is 0.314. The van der Waals surface area contributed by atoms with Crippen molar-refractivity contribution in [3.63, 3.8) is 0 Å². The minimum atomic E-state index is 0. The molecular formula is C24H40IN5O. The summed E-state index contributed by atoms with van der Waals surface area (Å²) in [7, 11) is 0. The van der Waals surface area contributed by atoms with Crippen molar-refractivity contribution in [2.45, 2.75) is 78.0 Å². The Labute approximate surface area is 205 Å². The van der Waals surface area contributed by atoms with Gasteiger partial charge in [0.05, 0.1) is 6.54 Å². The van der Waals surface area contributed by atoms with E-state index in [2.05, 4.69) is 53.6 Å². The van der Waals surface area contributed by atoms with Gasteiger partial charge in [0.1, 0.15) is 0 Å². The average Bonchev–Trinajstić information content (AvgIpc) is 3.22. The van der Waals surface area contributed by atoms with Crippen LogP contribution < -0.4 is 10.6 Å². The van der Waals surface area contributed by atoms with Crippen molar-refractivity contribution in [2.75, 3.05) is 26.2 Å². The fourth-order valence-electron chi connectivity index (χ4n) is 4.48. The molecule has 0 bridgehead atoms. The van der Waals surface area contributed by atoms with E-state index < -0.39 is 0 Å². The first-order chi connectivity index (χ1) is 14.6. The Morgan fingerprint density at radius 1 is 1.13 bits per heavy atom. The van der Waals surface area contributed by atoms with Crippen molar-refractivity contribution in [3.8, 4) is 0 Å². The number of rotatable bonds is 7. The molecule has 7 heteroatoms. The molecule has 2 unspecified atom stereocenters. The molecule has 2 aliphatic heterocycles. The molecule has 1 aromatic carbocycles. The monoisotopic (exact) mass is 541 g/mol. The maximum atomic E-state index is 12.0. The normalized spacial score (nSPS) is 22.2. The van der Waals surface area contributed by atoms with Gasteiger partial charge in [-0.2, -0.15) is 0 Å². The van der Waals surface area contributed by atoms with E-state index >= 15 is 0 Å². The molecule has 31 heavy (non-hydrogen) atoms. The van der Waals surface area contributed by atoms with E-state index in [9.17, 15) is 4.79 Å². The smallest absolute Gasteiger partial charge is 0.222 e. The highest BCUT2D eigenvalue weighted by atomic mass is 127. The van der Waals surface area contributed by atoms with E-state index in [1.807, 2.05) is 11.8 Å². The number of piperidine rings is 1. The van der Waals surface area contributed by atoms with E-state index in [4.69, 9.17) is 4.99 Å². The van der Waals surface area contributed by atoms with E-state index in [0.717, 1.165) is 38.6 Å². The minimum absolute atomic E-state index is 0. The molecular weight excluding hydrogens is 501 g/mol. The van der Waals surface area contributed by atoms with E-state index in [0.29, 0.717) is 19.0 Å². The number of amides is 1. The number of nitrogens with zero attached hydrogens (tertiary/aromatic N) is 3. The molecule has 1 aromatic rings. The Kier molecular flexibility index (Phi) is 11.1. The van der Waals surface area contributed by atoms with Gasteiger partial charge in [0.25, 0.3) is 0 Å². The lowest BCUT2D eigenvalue weighted by Gasteiger charge is -2.33. The average molecular weight is 542 g/mol. The minimum Gasteiger partial charge on any atom is -0.357 e. The number of hydrogen-bond acceptors (Lipinski definition) is 3. The lowest BCUT2D eigenvalue weighted by molar-refractivity contribution is -0.129. The molecule has 2 aliphatic rings. The van der Waals surface area contributed by atoms with Crippen LogP contribution >= 0.6 is 24.0 Å². The summed E-state index contributed by atoms with van der Waals surface area (Å²) in [6, 6.07) is 9.62. The highest BCUT2D eigenvalue weighted by Gasteiger charge is 2.26. The SMILES string of the molecule is CCNC(=NCc1ccccc1CN1CCCCC1C)NC1CCN(C(=O)CC)C1.I. The van der Waals surface area contributed by atoms with Gasteiger partial charge in [-0.1, -0.05) is 37.6 Å². The van der Waals surface area contributed by atoms with Crippen LogP contribution in [-0.2, 0) is 17.9 Å². The summed E-state index contributed by atoms with van der Waals surface area (Å²) in [6.07, 6.45) is 5.50. The van der Waals surface area contributed by atoms with Crippen molar-refractivity contribution < 1.29 is 4.79 Å². The predicted octanol–water partition coefficient (Wildman–Crippen LogP) is 3.75. The van der Waals surface area contributed by atoms with Gasteiger partial charge in [-0.3, -0.25) is 9.69 Å². The number of guanidine groups is 1. The lowest BCUT2D eigenvalue weighted by Crippen LogP contribution is -2.45. The third-order valence-electron chi connectivity index (χ3n) is 6.37. The number of carbonyl (C=O) groups excluding carboxylic acids is 1. The first-order valence-electron chi connectivity index (χ1n) is 11.7. The highest BCUT2D eigenvalue weighted by Crippen LogP contribution is 2.21. The lowest BCUT2D eigenvalue weighted by atomic mass is 10.0.